The SMILES string of the molecule is COc1cc(CNc2cccc([N+](=O)[O-])c2)cc(Cl)c1OCC(=O)Nc1cccc(C)c1. The highest BCUT2D eigenvalue weighted by atomic mass is 35.5. The van der Waals surface area contributed by atoms with E-state index < -0.39 is 4.92 Å². The predicted molar refractivity (Wildman–Crippen MR) is 124 cm³/mol. The van der Waals surface area contributed by atoms with E-state index in [1.165, 1.54) is 19.2 Å². The number of rotatable bonds is 9. The van der Waals surface area contributed by atoms with Crippen LogP contribution in [-0.2, 0) is 11.3 Å². The fourth-order valence-corrected chi connectivity index (χ4v) is 3.29. The zero-order valence-corrected chi connectivity index (χ0v) is 18.3. The molecule has 166 valence electrons. The lowest BCUT2D eigenvalue weighted by atomic mass is 10.2. The molecule has 0 atom stereocenters. The molecular formula is C23H22ClN3O5. The monoisotopic (exact) mass is 455 g/mol. The van der Waals surface area contributed by atoms with Crippen molar-refractivity contribution >= 4 is 34.6 Å². The second-order valence-corrected chi connectivity index (χ2v) is 7.38. The maximum atomic E-state index is 12.2. The number of amides is 1. The third-order valence-electron chi connectivity index (χ3n) is 4.49. The van der Waals surface area contributed by atoms with Crippen LogP contribution < -0.4 is 20.1 Å². The first-order valence-corrected chi connectivity index (χ1v) is 10.1. The van der Waals surface area contributed by atoms with Gasteiger partial charge in [0.1, 0.15) is 0 Å². The zero-order chi connectivity index (χ0) is 23.1. The van der Waals surface area contributed by atoms with Crippen molar-refractivity contribution < 1.29 is 19.2 Å². The average molecular weight is 456 g/mol. The van der Waals surface area contributed by atoms with Crippen LogP contribution in [0.4, 0.5) is 17.1 Å². The number of aryl methyl sites for hydroxylation is 1. The Kier molecular flexibility index (Phi) is 7.51. The fourth-order valence-electron chi connectivity index (χ4n) is 3.01. The quantitative estimate of drug-likeness (QED) is 0.340. The van der Waals surface area contributed by atoms with E-state index in [9.17, 15) is 14.9 Å². The number of anilines is 2. The van der Waals surface area contributed by atoms with E-state index in [0.717, 1.165) is 11.1 Å². The summed E-state index contributed by atoms with van der Waals surface area (Å²) in [4.78, 5) is 22.7. The molecule has 1 amide bonds. The van der Waals surface area contributed by atoms with Gasteiger partial charge in [0.15, 0.2) is 18.1 Å². The molecule has 0 aliphatic carbocycles. The molecule has 0 unspecified atom stereocenters. The zero-order valence-electron chi connectivity index (χ0n) is 17.6. The topological polar surface area (TPSA) is 103 Å². The summed E-state index contributed by atoms with van der Waals surface area (Å²) in [5.41, 5.74) is 3.08. The highest BCUT2D eigenvalue weighted by Gasteiger charge is 2.14. The number of nitro groups is 1. The molecule has 0 saturated heterocycles. The summed E-state index contributed by atoms with van der Waals surface area (Å²) in [6, 6.07) is 17.1. The van der Waals surface area contributed by atoms with E-state index in [0.29, 0.717) is 23.7 Å². The lowest BCUT2D eigenvalue weighted by molar-refractivity contribution is -0.384. The first kappa shape index (κ1) is 22.9. The van der Waals surface area contributed by atoms with E-state index in [1.807, 2.05) is 25.1 Å². The number of ether oxygens (including phenoxy) is 2. The van der Waals surface area contributed by atoms with E-state index in [4.69, 9.17) is 21.1 Å². The van der Waals surface area contributed by atoms with Gasteiger partial charge in [-0.25, -0.2) is 0 Å². The number of methoxy groups -OCH3 is 1. The summed E-state index contributed by atoms with van der Waals surface area (Å²) in [5.74, 6) is 0.300. The van der Waals surface area contributed by atoms with Crippen LogP contribution in [0.3, 0.4) is 0 Å². The number of nitrogens with one attached hydrogen (secondary N) is 2. The molecule has 2 N–H and O–H groups in total. The van der Waals surface area contributed by atoms with Gasteiger partial charge < -0.3 is 20.1 Å². The Morgan fingerprint density at radius 3 is 2.56 bits per heavy atom. The molecular weight excluding hydrogens is 434 g/mol. The number of nitro benzene ring substituents is 1. The second-order valence-electron chi connectivity index (χ2n) is 6.98. The molecule has 0 spiro atoms. The molecule has 3 rings (SSSR count). The third-order valence-corrected chi connectivity index (χ3v) is 4.77. The molecule has 3 aromatic carbocycles. The van der Waals surface area contributed by atoms with Crippen molar-refractivity contribution in [1.82, 2.24) is 0 Å². The van der Waals surface area contributed by atoms with Gasteiger partial charge in [-0.3, -0.25) is 14.9 Å². The van der Waals surface area contributed by atoms with Gasteiger partial charge in [0, 0.05) is 30.1 Å². The van der Waals surface area contributed by atoms with Gasteiger partial charge in [0.25, 0.3) is 11.6 Å². The lowest BCUT2D eigenvalue weighted by Gasteiger charge is -2.15. The number of hydrogen-bond acceptors (Lipinski definition) is 6. The van der Waals surface area contributed by atoms with Crippen LogP contribution in [0.5, 0.6) is 11.5 Å². The van der Waals surface area contributed by atoms with Crippen molar-refractivity contribution in [2.75, 3.05) is 24.4 Å². The maximum absolute atomic E-state index is 12.2. The summed E-state index contributed by atoms with van der Waals surface area (Å²) in [6.45, 7) is 2.05. The molecule has 8 nitrogen and oxygen atoms in total. The lowest BCUT2D eigenvalue weighted by Crippen LogP contribution is -2.20. The van der Waals surface area contributed by atoms with Gasteiger partial charge in [0.05, 0.1) is 17.1 Å². The van der Waals surface area contributed by atoms with Gasteiger partial charge in [-0.2, -0.15) is 0 Å². The van der Waals surface area contributed by atoms with Crippen LogP contribution in [0.25, 0.3) is 0 Å². The van der Waals surface area contributed by atoms with Gasteiger partial charge in [-0.1, -0.05) is 29.8 Å². The van der Waals surface area contributed by atoms with Crippen LogP contribution in [-0.4, -0.2) is 24.5 Å². The highest BCUT2D eigenvalue weighted by molar-refractivity contribution is 6.32. The molecule has 3 aromatic rings. The average Bonchev–Trinajstić information content (AvgIpc) is 2.76. The van der Waals surface area contributed by atoms with Crippen molar-refractivity contribution in [3.63, 3.8) is 0 Å². The Balaban J connectivity index is 1.65. The van der Waals surface area contributed by atoms with Crippen molar-refractivity contribution in [3.8, 4) is 11.5 Å². The molecule has 0 saturated carbocycles. The minimum absolute atomic E-state index is 0.00157. The number of non-ortho nitro benzene ring substituents is 1. The minimum Gasteiger partial charge on any atom is -0.493 e. The number of benzene rings is 3. The molecule has 0 heterocycles. The standard InChI is InChI=1S/C23H22ClN3O5/c1-15-5-3-7-18(9-15)26-22(28)14-32-23-20(24)10-16(11-21(23)31-2)13-25-17-6-4-8-19(12-17)27(29)30/h3-12,25H,13-14H2,1-2H3,(H,26,28). The molecule has 0 aliphatic rings. The van der Waals surface area contributed by atoms with Crippen molar-refractivity contribution in [2.45, 2.75) is 13.5 Å². The van der Waals surface area contributed by atoms with Crippen LogP contribution in [0, 0.1) is 17.0 Å². The van der Waals surface area contributed by atoms with E-state index in [-0.39, 0.29) is 29.0 Å². The molecule has 0 radical (unpaired) electrons. The second kappa shape index (κ2) is 10.5. The van der Waals surface area contributed by atoms with Crippen LogP contribution in [0.1, 0.15) is 11.1 Å². The maximum Gasteiger partial charge on any atom is 0.271 e. The number of carbonyl (C=O) groups excluding carboxylic acids is 1. The van der Waals surface area contributed by atoms with Crippen molar-refractivity contribution in [1.29, 1.82) is 0 Å². The van der Waals surface area contributed by atoms with Crippen LogP contribution in [0.2, 0.25) is 5.02 Å². The van der Waals surface area contributed by atoms with Crippen LogP contribution in [0.15, 0.2) is 60.7 Å². The summed E-state index contributed by atoms with van der Waals surface area (Å²) in [5, 5.41) is 17.1. The Bertz CT molecular complexity index is 1140. The minimum atomic E-state index is -0.452. The van der Waals surface area contributed by atoms with Gasteiger partial charge >= 0.3 is 0 Å². The number of nitrogens with zero attached hydrogens (tertiary/aromatic N) is 1. The van der Waals surface area contributed by atoms with Gasteiger partial charge in [-0.05, 0) is 48.4 Å². The van der Waals surface area contributed by atoms with E-state index in [2.05, 4.69) is 10.6 Å². The van der Waals surface area contributed by atoms with Gasteiger partial charge in [0.2, 0.25) is 0 Å². The van der Waals surface area contributed by atoms with Crippen molar-refractivity contribution in [3.05, 3.63) is 86.9 Å². The van der Waals surface area contributed by atoms with E-state index in [1.54, 1.807) is 30.3 Å². The summed E-state index contributed by atoms with van der Waals surface area (Å²) >= 11 is 6.37. The molecule has 32 heavy (non-hydrogen) atoms. The first-order valence-electron chi connectivity index (χ1n) is 9.70. The summed E-state index contributed by atoms with van der Waals surface area (Å²) < 4.78 is 11.0. The number of hydrogen-bond donors (Lipinski definition) is 2. The van der Waals surface area contributed by atoms with Gasteiger partial charge in [-0.15, -0.1) is 0 Å². The number of halogens is 1. The first-order chi connectivity index (χ1) is 15.4. The molecule has 0 aromatic heterocycles. The Morgan fingerprint density at radius 1 is 1.09 bits per heavy atom. The van der Waals surface area contributed by atoms with E-state index >= 15 is 0 Å². The van der Waals surface area contributed by atoms with Crippen molar-refractivity contribution in [2.24, 2.45) is 0 Å². The number of carbonyl (C=O) groups is 1. The molecule has 0 fully saturated rings. The summed E-state index contributed by atoms with van der Waals surface area (Å²) in [6.07, 6.45) is 0. The molecule has 0 bridgehead atoms. The largest absolute Gasteiger partial charge is 0.493 e. The molecule has 0 aliphatic heterocycles. The predicted octanol–water partition coefficient (Wildman–Crippen LogP) is 5.19. The Morgan fingerprint density at radius 2 is 1.84 bits per heavy atom. The smallest absolute Gasteiger partial charge is 0.271 e. The Hall–Kier alpha value is -3.78. The molecule has 9 heteroatoms. The normalized spacial score (nSPS) is 10.3. The fraction of sp³-hybridized carbons (Fsp3) is 0.174. The van der Waals surface area contributed by atoms with Crippen LogP contribution >= 0.6 is 11.6 Å². The summed E-state index contributed by atoms with van der Waals surface area (Å²) in [7, 11) is 1.48. The highest BCUT2D eigenvalue weighted by Crippen LogP contribution is 2.36. The third kappa shape index (κ3) is 6.12. The Labute approximate surface area is 190 Å².